The van der Waals surface area contributed by atoms with Gasteiger partial charge in [0.05, 0.1) is 0 Å². The van der Waals surface area contributed by atoms with Crippen LogP contribution in [0.25, 0.3) is 17.5 Å². The van der Waals surface area contributed by atoms with Crippen LogP contribution in [0.2, 0.25) is 0 Å². The minimum absolute atomic E-state index is 0.0420. The summed E-state index contributed by atoms with van der Waals surface area (Å²) in [7, 11) is 0. The monoisotopic (exact) mass is 360 g/mol. The molecule has 0 aliphatic carbocycles. The Bertz CT molecular complexity index is 914. The maximum Gasteiger partial charge on any atom is 0.246 e. The molecular weight excluding hydrogens is 340 g/mol. The third-order valence-electron chi connectivity index (χ3n) is 4.75. The number of nitrogens with zero attached hydrogens (tertiary/aromatic N) is 4. The van der Waals surface area contributed by atoms with Crippen LogP contribution in [0, 0.1) is 0 Å². The van der Waals surface area contributed by atoms with Crippen molar-refractivity contribution >= 4 is 12.0 Å². The Labute approximate surface area is 157 Å². The second-order valence-corrected chi connectivity index (χ2v) is 6.54. The lowest BCUT2D eigenvalue weighted by atomic mass is 9.96. The highest BCUT2D eigenvalue weighted by molar-refractivity contribution is 5.91. The molecule has 3 heterocycles. The maximum atomic E-state index is 12.4. The van der Waals surface area contributed by atoms with Gasteiger partial charge in [-0.15, -0.1) is 0 Å². The highest BCUT2D eigenvalue weighted by Gasteiger charge is 2.26. The van der Waals surface area contributed by atoms with E-state index in [1.54, 1.807) is 18.5 Å². The van der Waals surface area contributed by atoms with Crippen molar-refractivity contribution in [3.63, 3.8) is 0 Å². The first kappa shape index (κ1) is 17.1. The molecule has 0 saturated carbocycles. The summed E-state index contributed by atoms with van der Waals surface area (Å²) in [6.07, 6.45) is 8.56. The Kier molecular flexibility index (Phi) is 5.05. The zero-order valence-electron chi connectivity index (χ0n) is 14.9. The number of carbonyl (C=O) groups excluding carboxylic acids is 1. The van der Waals surface area contributed by atoms with Crippen LogP contribution in [0.5, 0.6) is 0 Å². The van der Waals surface area contributed by atoms with Crippen molar-refractivity contribution in [2.45, 2.75) is 18.8 Å². The van der Waals surface area contributed by atoms with E-state index in [9.17, 15) is 4.79 Å². The predicted molar refractivity (Wildman–Crippen MR) is 102 cm³/mol. The first-order chi connectivity index (χ1) is 13.3. The van der Waals surface area contributed by atoms with E-state index >= 15 is 0 Å². The molecule has 0 unspecified atom stereocenters. The molecule has 27 heavy (non-hydrogen) atoms. The number of benzene rings is 1. The second-order valence-electron chi connectivity index (χ2n) is 6.54. The molecule has 1 aliphatic rings. The Morgan fingerprint density at radius 2 is 1.81 bits per heavy atom. The molecule has 3 aromatic rings. The number of aromatic nitrogens is 3. The standard InChI is InChI=1S/C21H20N4O2/c26-19(7-6-16-4-2-1-3-5-16)25-14-10-18(11-15-25)21-23-20(24-27-21)17-8-12-22-13-9-17/h1-9,12-13,18H,10-11,14-15H2. The van der Waals surface area contributed by atoms with Crippen molar-refractivity contribution in [2.24, 2.45) is 0 Å². The fourth-order valence-electron chi connectivity index (χ4n) is 3.20. The van der Waals surface area contributed by atoms with E-state index in [1.807, 2.05) is 53.4 Å². The van der Waals surface area contributed by atoms with Crippen LogP contribution >= 0.6 is 0 Å². The van der Waals surface area contributed by atoms with E-state index in [2.05, 4.69) is 15.1 Å². The number of likely N-dealkylation sites (tertiary alicyclic amines) is 1. The molecule has 1 aromatic carbocycles. The molecule has 4 rings (SSSR count). The van der Waals surface area contributed by atoms with Gasteiger partial charge in [-0.3, -0.25) is 9.78 Å². The summed E-state index contributed by atoms with van der Waals surface area (Å²) in [4.78, 5) is 22.8. The van der Waals surface area contributed by atoms with Crippen molar-refractivity contribution in [3.8, 4) is 11.4 Å². The SMILES string of the molecule is O=C(C=Cc1ccccc1)N1CCC(c2nc(-c3ccncc3)no2)CC1. The lowest BCUT2D eigenvalue weighted by Gasteiger charge is -2.29. The number of hydrogen-bond acceptors (Lipinski definition) is 5. The maximum absolute atomic E-state index is 12.4. The predicted octanol–water partition coefficient (Wildman–Crippen LogP) is 3.55. The molecule has 0 atom stereocenters. The number of pyridine rings is 1. The van der Waals surface area contributed by atoms with Gasteiger partial charge in [-0.05, 0) is 36.6 Å². The molecule has 0 radical (unpaired) electrons. The third kappa shape index (κ3) is 4.11. The van der Waals surface area contributed by atoms with Crippen LogP contribution in [0.1, 0.15) is 30.2 Å². The summed E-state index contributed by atoms with van der Waals surface area (Å²) >= 11 is 0. The van der Waals surface area contributed by atoms with E-state index in [0.717, 1.165) is 24.0 Å². The molecule has 1 fully saturated rings. The average Bonchev–Trinajstić information content (AvgIpc) is 3.24. The van der Waals surface area contributed by atoms with Gasteiger partial charge in [0.1, 0.15) is 0 Å². The molecule has 136 valence electrons. The zero-order valence-corrected chi connectivity index (χ0v) is 14.9. The van der Waals surface area contributed by atoms with Crippen molar-refractivity contribution in [1.82, 2.24) is 20.0 Å². The average molecular weight is 360 g/mol. The van der Waals surface area contributed by atoms with Gasteiger partial charge < -0.3 is 9.42 Å². The van der Waals surface area contributed by atoms with Crippen molar-refractivity contribution in [1.29, 1.82) is 0 Å². The number of carbonyl (C=O) groups is 1. The van der Waals surface area contributed by atoms with Crippen LogP contribution in [0.15, 0.2) is 65.5 Å². The summed E-state index contributed by atoms with van der Waals surface area (Å²) < 4.78 is 5.46. The van der Waals surface area contributed by atoms with Crippen LogP contribution < -0.4 is 0 Å². The van der Waals surface area contributed by atoms with Gasteiger partial charge >= 0.3 is 0 Å². The van der Waals surface area contributed by atoms with E-state index in [1.165, 1.54) is 0 Å². The Balaban J connectivity index is 1.34. The quantitative estimate of drug-likeness (QED) is 0.665. The summed E-state index contributed by atoms with van der Waals surface area (Å²) in [5, 5.41) is 4.07. The molecule has 0 bridgehead atoms. The molecule has 1 aliphatic heterocycles. The highest BCUT2D eigenvalue weighted by Crippen LogP contribution is 2.28. The number of rotatable bonds is 4. The smallest absolute Gasteiger partial charge is 0.246 e. The van der Waals surface area contributed by atoms with E-state index < -0.39 is 0 Å². The lowest BCUT2D eigenvalue weighted by molar-refractivity contribution is -0.127. The van der Waals surface area contributed by atoms with Crippen LogP contribution in [0.4, 0.5) is 0 Å². The van der Waals surface area contributed by atoms with Crippen molar-refractivity contribution in [2.75, 3.05) is 13.1 Å². The van der Waals surface area contributed by atoms with Gasteiger partial charge in [-0.25, -0.2) is 0 Å². The van der Waals surface area contributed by atoms with Gasteiger partial charge in [0.15, 0.2) is 0 Å². The van der Waals surface area contributed by atoms with Gasteiger partial charge in [-0.1, -0.05) is 35.5 Å². The van der Waals surface area contributed by atoms with Gasteiger partial charge in [-0.2, -0.15) is 4.98 Å². The van der Waals surface area contributed by atoms with Crippen molar-refractivity contribution < 1.29 is 9.32 Å². The summed E-state index contributed by atoms with van der Waals surface area (Å²) in [5.41, 5.74) is 1.91. The van der Waals surface area contributed by atoms with Gasteiger partial charge in [0.2, 0.25) is 17.6 Å². The highest BCUT2D eigenvalue weighted by atomic mass is 16.5. The molecule has 0 N–H and O–H groups in total. The van der Waals surface area contributed by atoms with E-state index in [4.69, 9.17) is 4.52 Å². The first-order valence-corrected chi connectivity index (χ1v) is 9.05. The Morgan fingerprint density at radius 3 is 2.56 bits per heavy atom. The van der Waals surface area contributed by atoms with E-state index in [0.29, 0.717) is 24.8 Å². The molecule has 1 saturated heterocycles. The van der Waals surface area contributed by atoms with E-state index in [-0.39, 0.29) is 11.8 Å². The fraction of sp³-hybridized carbons (Fsp3) is 0.238. The minimum atomic E-state index is 0.0420. The lowest BCUT2D eigenvalue weighted by Crippen LogP contribution is -2.36. The fourth-order valence-corrected chi connectivity index (χ4v) is 3.20. The summed E-state index contributed by atoms with van der Waals surface area (Å²) in [6, 6.07) is 13.5. The largest absolute Gasteiger partial charge is 0.339 e. The number of piperidine rings is 1. The molecule has 0 spiro atoms. The van der Waals surface area contributed by atoms with Crippen molar-refractivity contribution in [3.05, 3.63) is 72.4 Å². The normalized spacial score (nSPS) is 15.3. The third-order valence-corrected chi connectivity index (χ3v) is 4.75. The molecule has 2 aromatic heterocycles. The second kappa shape index (κ2) is 7.95. The van der Waals surface area contributed by atoms with Crippen LogP contribution in [-0.2, 0) is 4.79 Å². The summed E-state index contributed by atoms with van der Waals surface area (Å²) in [6.45, 7) is 1.38. The first-order valence-electron chi connectivity index (χ1n) is 9.05. The topological polar surface area (TPSA) is 72.1 Å². The number of amides is 1. The molecule has 6 heteroatoms. The zero-order chi connectivity index (χ0) is 18.5. The van der Waals surface area contributed by atoms with Gasteiger partial charge in [0, 0.05) is 43.0 Å². The Morgan fingerprint density at radius 1 is 1.07 bits per heavy atom. The molecule has 1 amide bonds. The Hall–Kier alpha value is -3.28. The van der Waals surface area contributed by atoms with Crippen LogP contribution in [0.3, 0.4) is 0 Å². The van der Waals surface area contributed by atoms with Crippen LogP contribution in [-0.4, -0.2) is 39.0 Å². The number of hydrogen-bond donors (Lipinski definition) is 0. The summed E-state index contributed by atoms with van der Waals surface area (Å²) in [5.74, 6) is 1.46. The molecule has 6 nitrogen and oxygen atoms in total. The molecular formula is C21H20N4O2. The minimum Gasteiger partial charge on any atom is -0.339 e. The van der Waals surface area contributed by atoms with Gasteiger partial charge in [0.25, 0.3) is 0 Å².